The Hall–Kier alpha value is -1.87. The van der Waals surface area contributed by atoms with Crippen molar-refractivity contribution < 1.29 is 14.3 Å². The minimum absolute atomic E-state index is 0.0601. The lowest BCUT2D eigenvalue weighted by Crippen LogP contribution is -2.16. The van der Waals surface area contributed by atoms with Crippen LogP contribution in [0.25, 0.3) is 10.8 Å². The van der Waals surface area contributed by atoms with Gasteiger partial charge in [-0.3, -0.25) is 4.79 Å². The first-order valence-corrected chi connectivity index (χ1v) is 6.10. The number of carbonyl (C=O) groups is 1. The second-order valence-corrected chi connectivity index (χ2v) is 4.42. The van der Waals surface area contributed by atoms with E-state index in [4.69, 9.17) is 9.47 Å². The SMILES string of the molecule is O=Cc1c(OC2CCOC2)ccc2ccccc12. The van der Waals surface area contributed by atoms with Crippen molar-refractivity contribution in [2.75, 3.05) is 13.2 Å². The van der Waals surface area contributed by atoms with E-state index in [9.17, 15) is 4.79 Å². The molecule has 0 bridgehead atoms. The van der Waals surface area contributed by atoms with E-state index in [-0.39, 0.29) is 6.10 Å². The summed E-state index contributed by atoms with van der Waals surface area (Å²) in [4.78, 5) is 11.3. The number of hydrogen-bond donors (Lipinski definition) is 0. The van der Waals surface area contributed by atoms with Crippen LogP contribution in [0.3, 0.4) is 0 Å². The second-order valence-electron chi connectivity index (χ2n) is 4.42. The quantitative estimate of drug-likeness (QED) is 0.776. The molecule has 3 rings (SSSR count). The van der Waals surface area contributed by atoms with E-state index in [1.807, 2.05) is 36.4 Å². The predicted molar refractivity (Wildman–Crippen MR) is 69.2 cm³/mol. The van der Waals surface area contributed by atoms with Crippen molar-refractivity contribution in [2.24, 2.45) is 0 Å². The number of hydrogen-bond acceptors (Lipinski definition) is 3. The van der Waals surface area contributed by atoms with Gasteiger partial charge in [0, 0.05) is 6.42 Å². The molecule has 1 aliphatic heterocycles. The van der Waals surface area contributed by atoms with E-state index in [1.165, 1.54) is 0 Å². The van der Waals surface area contributed by atoms with Crippen molar-refractivity contribution in [3.8, 4) is 5.75 Å². The van der Waals surface area contributed by atoms with Crippen LogP contribution >= 0.6 is 0 Å². The molecule has 0 N–H and O–H groups in total. The van der Waals surface area contributed by atoms with Crippen LogP contribution in [0.15, 0.2) is 36.4 Å². The van der Waals surface area contributed by atoms with Gasteiger partial charge in [0.25, 0.3) is 0 Å². The van der Waals surface area contributed by atoms with Gasteiger partial charge in [-0.15, -0.1) is 0 Å². The molecular formula is C15H14O3. The predicted octanol–water partition coefficient (Wildman–Crippen LogP) is 2.82. The Morgan fingerprint density at radius 1 is 1.22 bits per heavy atom. The Bertz CT molecular complexity index is 571. The van der Waals surface area contributed by atoms with Crippen LogP contribution in [-0.2, 0) is 4.74 Å². The summed E-state index contributed by atoms with van der Waals surface area (Å²) < 4.78 is 11.1. The van der Waals surface area contributed by atoms with Gasteiger partial charge in [-0.1, -0.05) is 30.3 Å². The van der Waals surface area contributed by atoms with Gasteiger partial charge in [-0.05, 0) is 16.8 Å². The van der Waals surface area contributed by atoms with Crippen LogP contribution in [0.5, 0.6) is 5.75 Å². The van der Waals surface area contributed by atoms with E-state index in [1.54, 1.807) is 0 Å². The maximum atomic E-state index is 11.3. The normalized spacial score (nSPS) is 19.0. The van der Waals surface area contributed by atoms with Gasteiger partial charge in [0.2, 0.25) is 0 Å². The molecule has 0 amide bonds. The summed E-state index contributed by atoms with van der Waals surface area (Å²) in [6.07, 6.45) is 1.81. The number of aldehydes is 1. The molecule has 1 saturated heterocycles. The smallest absolute Gasteiger partial charge is 0.154 e. The van der Waals surface area contributed by atoms with Crippen molar-refractivity contribution >= 4 is 17.1 Å². The lowest BCUT2D eigenvalue weighted by Gasteiger charge is -2.14. The zero-order chi connectivity index (χ0) is 12.4. The highest BCUT2D eigenvalue weighted by Crippen LogP contribution is 2.28. The molecule has 92 valence electrons. The van der Waals surface area contributed by atoms with Crippen molar-refractivity contribution in [1.29, 1.82) is 0 Å². The van der Waals surface area contributed by atoms with E-state index < -0.39 is 0 Å². The van der Waals surface area contributed by atoms with Gasteiger partial charge in [0.1, 0.15) is 11.9 Å². The van der Waals surface area contributed by atoms with Gasteiger partial charge < -0.3 is 9.47 Å². The molecule has 3 nitrogen and oxygen atoms in total. The maximum absolute atomic E-state index is 11.3. The molecule has 0 aliphatic carbocycles. The summed E-state index contributed by atoms with van der Waals surface area (Å²) >= 11 is 0. The lowest BCUT2D eigenvalue weighted by atomic mass is 10.0. The topological polar surface area (TPSA) is 35.5 Å². The molecule has 0 aromatic heterocycles. The van der Waals surface area contributed by atoms with Crippen LogP contribution in [0.1, 0.15) is 16.8 Å². The Labute approximate surface area is 105 Å². The number of carbonyl (C=O) groups excluding carboxylic acids is 1. The summed E-state index contributed by atoms with van der Waals surface area (Å²) in [5, 5.41) is 1.98. The molecule has 1 heterocycles. The van der Waals surface area contributed by atoms with Crippen molar-refractivity contribution in [2.45, 2.75) is 12.5 Å². The first-order valence-electron chi connectivity index (χ1n) is 6.10. The largest absolute Gasteiger partial charge is 0.487 e. The molecule has 18 heavy (non-hydrogen) atoms. The minimum atomic E-state index is 0.0601. The fourth-order valence-electron chi connectivity index (χ4n) is 2.29. The molecule has 0 radical (unpaired) electrons. The monoisotopic (exact) mass is 242 g/mol. The van der Waals surface area contributed by atoms with Gasteiger partial charge in [0.05, 0.1) is 18.8 Å². The van der Waals surface area contributed by atoms with E-state index >= 15 is 0 Å². The third kappa shape index (κ3) is 1.97. The average molecular weight is 242 g/mol. The van der Waals surface area contributed by atoms with Gasteiger partial charge in [-0.2, -0.15) is 0 Å². The standard InChI is InChI=1S/C15H14O3/c16-9-14-13-4-2-1-3-11(13)5-6-15(14)18-12-7-8-17-10-12/h1-6,9,12H,7-8,10H2. The zero-order valence-corrected chi connectivity index (χ0v) is 9.96. The van der Waals surface area contributed by atoms with Crippen LogP contribution in [-0.4, -0.2) is 25.6 Å². The summed E-state index contributed by atoms with van der Waals surface area (Å²) in [7, 11) is 0. The first-order chi connectivity index (χ1) is 8.88. The van der Waals surface area contributed by atoms with Crippen molar-refractivity contribution in [1.82, 2.24) is 0 Å². The summed E-state index contributed by atoms with van der Waals surface area (Å²) in [5.74, 6) is 0.652. The molecule has 2 aromatic rings. The number of ether oxygens (including phenoxy) is 2. The molecule has 1 atom stereocenters. The summed E-state index contributed by atoms with van der Waals surface area (Å²) in [6.45, 7) is 1.33. The molecule has 1 aliphatic rings. The van der Waals surface area contributed by atoms with E-state index in [0.717, 1.165) is 30.1 Å². The van der Waals surface area contributed by atoms with E-state index in [0.29, 0.717) is 17.9 Å². The highest BCUT2D eigenvalue weighted by Gasteiger charge is 2.19. The van der Waals surface area contributed by atoms with Gasteiger partial charge >= 0.3 is 0 Å². The molecule has 0 spiro atoms. The Morgan fingerprint density at radius 2 is 2.11 bits per heavy atom. The highest BCUT2D eigenvalue weighted by atomic mass is 16.5. The Morgan fingerprint density at radius 3 is 2.89 bits per heavy atom. The van der Waals surface area contributed by atoms with Crippen LogP contribution in [0.4, 0.5) is 0 Å². The highest BCUT2D eigenvalue weighted by molar-refractivity contribution is 6.00. The third-order valence-corrected chi connectivity index (χ3v) is 3.23. The fraction of sp³-hybridized carbons (Fsp3) is 0.267. The first kappa shape index (κ1) is 11.2. The lowest BCUT2D eigenvalue weighted by molar-refractivity contribution is 0.111. The molecule has 1 fully saturated rings. The second kappa shape index (κ2) is 4.78. The molecular weight excluding hydrogens is 228 g/mol. The van der Waals surface area contributed by atoms with Crippen LogP contribution in [0, 0.1) is 0 Å². The van der Waals surface area contributed by atoms with Crippen LogP contribution < -0.4 is 4.74 Å². The number of fused-ring (bicyclic) bond motifs is 1. The van der Waals surface area contributed by atoms with Gasteiger partial charge in [0.15, 0.2) is 6.29 Å². The minimum Gasteiger partial charge on any atom is -0.487 e. The third-order valence-electron chi connectivity index (χ3n) is 3.23. The molecule has 3 heteroatoms. The number of benzene rings is 2. The van der Waals surface area contributed by atoms with E-state index in [2.05, 4.69) is 0 Å². The maximum Gasteiger partial charge on any atom is 0.154 e. The average Bonchev–Trinajstić information content (AvgIpc) is 2.91. The molecule has 2 aromatic carbocycles. The van der Waals surface area contributed by atoms with Gasteiger partial charge in [-0.25, -0.2) is 0 Å². The summed E-state index contributed by atoms with van der Waals surface area (Å²) in [6, 6.07) is 11.7. The zero-order valence-electron chi connectivity index (χ0n) is 9.96. The molecule has 1 unspecified atom stereocenters. The Kier molecular flexibility index (Phi) is 2.99. The van der Waals surface area contributed by atoms with Crippen molar-refractivity contribution in [3.63, 3.8) is 0 Å². The van der Waals surface area contributed by atoms with Crippen molar-refractivity contribution in [3.05, 3.63) is 42.0 Å². The summed E-state index contributed by atoms with van der Waals surface area (Å²) in [5.41, 5.74) is 0.625. The van der Waals surface area contributed by atoms with Crippen LogP contribution in [0.2, 0.25) is 0 Å². The fourth-order valence-corrected chi connectivity index (χ4v) is 2.29. The molecule has 0 saturated carbocycles. The number of rotatable bonds is 3. The Balaban J connectivity index is 2.02.